The summed E-state index contributed by atoms with van der Waals surface area (Å²) >= 11 is 0. The topological polar surface area (TPSA) is 3.24 Å². The maximum absolute atomic E-state index is 3.65. The molecule has 0 aliphatic rings. The fraction of sp³-hybridized carbons (Fsp3) is 0.500. The monoisotopic (exact) mass is 204 g/mol. The van der Waals surface area contributed by atoms with Crippen LogP contribution in [-0.2, 0) is 0 Å². The van der Waals surface area contributed by atoms with Gasteiger partial charge >= 0.3 is 0 Å². The first-order chi connectivity index (χ1) is 6.70. The van der Waals surface area contributed by atoms with Crippen molar-refractivity contribution in [3.05, 3.63) is 29.8 Å². The third-order valence-corrected chi connectivity index (χ3v) is 3.23. The second kappa shape index (κ2) is 5.32. The van der Waals surface area contributed by atoms with Crippen LogP contribution in [0.2, 0.25) is 0 Å². The minimum absolute atomic E-state index is 0.485. The van der Waals surface area contributed by atoms with E-state index >= 15 is 0 Å². The zero-order valence-corrected chi connectivity index (χ0v) is 10.2. The summed E-state index contributed by atoms with van der Waals surface area (Å²) in [5.41, 5.74) is 1.37. The minimum atomic E-state index is 0.485. The molecule has 0 aliphatic carbocycles. The van der Waals surface area contributed by atoms with E-state index in [2.05, 4.69) is 60.2 Å². The maximum Gasteiger partial charge on any atom is 0.0716 e. The van der Waals surface area contributed by atoms with Crippen LogP contribution in [0.4, 0.5) is 0 Å². The van der Waals surface area contributed by atoms with Crippen LogP contribution in [0.5, 0.6) is 0 Å². The van der Waals surface area contributed by atoms with Gasteiger partial charge in [-0.3, -0.25) is 4.90 Å². The Kier molecular flexibility index (Phi) is 4.36. The predicted octanol–water partition coefficient (Wildman–Crippen LogP) is 1.88. The van der Waals surface area contributed by atoms with Crippen molar-refractivity contribution >= 4 is 15.4 Å². The zero-order valence-electron chi connectivity index (χ0n) is 9.25. The summed E-state index contributed by atoms with van der Waals surface area (Å²) in [5, 5.41) is 1.20. The number of benzene rings is 1. The van der Waals surface area contributed by atoms with Gasteiger partial charge in [-0.1, -0.05) is 43.3 Å². The van der Waals surface area contributed by atoms with Gasteiger partial charge in [0.25, 0.3) is 0 Å². The Hall–Kier alpha value is -0.603. The van der Waals surface area contributed by atoms with Crippen LogP contribution >= 0.6 is 0 Å². The Morgan fingerprint density at radius 1 is 1.21 bits per heavy atom. The lowest BCUT2D eigenvalue weighted by atomic mass is 10.1. The minimum Gasteiger partial charge on any atom is -0.297 e. The Labute approximate surface area is 90.6 Å². The fourth-order valence-corrected chi connectivity index (χ4v) is 2.22. The highest BCUT2D eigenvalue weighted by Gasteiger charge is 2.13. The van der Waals surface area contributed by atoms with E-state index in [-0.39, 0.29) is 0 Å². The van der Waals surface area contributed by atoms with Crippen LogP contribution in [0.3, 0.4) is 0 Å². The molecule has 0 aliphatic heterocycles. The fourth-order valence-electron chi connectivity index (χ4n) is 1.83. The van der Waals surface area contributed by atoms with E-state index in [4.69, 9.17) is 0 Å². The van der Waals surface area contributed by atoms with E-state index in [1.165, 1.54) is 10.8 Å². The molecule has 1 aromatic rings. The Morgan fingerprint density at radius 3 is 2.29 bits per heavy atom. The maximum atomic E-state index is 3.65. The average Bonchev–Trinajstić information content (AvgIpc) is 2.20. The van der Waals surface area contributed by atoms with Crippen molar-refractivity contribution in [3.63, 3.8) is 0 Å². The smallest absolute Gasteiger partial charge is 0.0716 e. The molecule has 0 bridgehead atoms. The van der Waals surface area contributed by atoms with Gasteiger partial charge in [0.05, 0.1) is 10.2 Å². The molecule has 1 aromatic carbocycles. The molecule has 1 rings (SSSR count). The summed E-state index contributed by atoms with van der Waals surface area (Å²) in [5.74, 6) is 0. The van der Waals surface area contributed by atoms with Gasteiger partial charge in [0.1, 0.15) is 0 Å². The SMILES string of the molecule is CCN(CC)C(C)c1ccccc1[Si]. The highest BCUT2D eigenvalue weighted by Crippen LogP contribution is 2.16. The molecule has 0 saturated carbocycles. The summed E-state index contributed by atoms with van der Waals surface area (Å²) in [6.07, 6.45) is 0. The van der Waals surface area contributed by atoms with Crippen molar-refractivity contribution in [1.29, 1.82) is 0 Å². The quantitative estimate of drug-likeness (QED) is 0.677. The van der Waals surface area contributed by atoms with Gasteiger partial charge in [-0.2, -0.15) is 0 Å². The van der Waals surface area contributed by atoms with Crippen molar-refractivity contribution in [2.45, 2.75) is 26.8 Å². The average molecular weight is 204 g/mol. The van der Waals surface area contributed by atoms with E-state index in [1.807, 2.05) is 0 Å². The van der Waals surface area contributed by atoms with Crippen LogP contribution in [-0.4, -0.2) is 28.2 Å². The molecule has 0 aromatic heterocycles. The lowest BCUT2D eigenvalue weighted by Crippen LogP contribution is -2.29. The van der Waals surface area contributed by atoms with Crippen molar-refractivity contribution in [2.75, 3.05) is 13.1 Å². The van der Waals surface area contributed by atoms with E-state index in [0.29, 0.717) is 6.04 Å². The van der Waals surface area contributed by atoms with Gasteiger partial charge in [0, 0.05) is 6.04 Å². The molecule has 3 radical (unpaired) electrons. The van der Waals surface area contributed by atoms with E-state index in [1.54, 1.807) is 0 Å². The molecular weight excluding hydrogens is 186 g/mol. The lowest BCUT2D eigenvalue weighted by Gasteiger charge is -2.27. The number of rotatable bonds is 4. The molecule has 1 atom stereocenters. The van der Waals surface area contributed by atoms with Gasteiger partial charge < -0.3 is 0 Å². The van der Waals surface area contributed by atoms with Gasteiger partial charge in [-0.05, 0) is 25.6 Å². The molecule has 0 heterocycles. The Morgan fingerprint density at radius 2 is 1.79 bits per heavy atom. The third kappa shape index (κ3) is 2.46. The van der Waals surface area contributed by atoms with Crippen LogP contribution in [0, 0.1) is 0 Å². The lowest BCUT2D eigenvalue weighted by molar-refractivity contribution is 0.235. The molecule has 14 heavy (non-hydrogen) atoms. The van der Waals surface area contributed by atoms with Crippen molar-refractivity contribution in [2.24, 2.45) is 0 Å². The second-order valence-electron chi connectivity index (χ2n) is 3.48. The molecule has 75 valence electrons. The van der Waals surface area contributed by atoms with Gasteiger partial charge in [0.2, 0.25) is 0 Å². The molecule has 0 saturated heterocycles. The summed E-state index contributed by atoms with van der Waals surface area (Å²) in [4.78, 5) is 2.44. The predicted molar refractivity (Wildman–Crippen MR) is 63.2 cm³/mol. The Balaban J connectivity index is 2.88. The zero-order chi connectivity index (χ0) is 10.6. The van der Waals surface area contributed by atoms with E-state index in [0.717, 1.165) is 13.1 Å². The van der Waals surface area contributed by atoms with Crippen molar-refractivity contribution in [3.8, 4) is 0 Å². The normalized spacial score (nSPS) is 13.2. The highest BCUT2D eigenvalue weighted by atomic mass is 28.1. The number of nitrogens with zero attached hydrogens (tertiary/aromatic N) is 1. The molecule has 0 spiro atoms. The third-order valence-electron chi connectivity index (χ3n) is 2.77. The number of hydrogen-bond acceptors (Lipinski definition) is 1. The first kappa shape index (κ1) is 11.5. The highest BCUT2D eigenvalue weighted by molar-refractivity contribution is 6.33. The molecule has 0 amide bonds. The van der Waals surface area contributed by atoms with Crippen molar-refractivity contribution in [1.82, 2.24) is 4.90 Å². The standard InChI is InChI=1S/C12H18NSi/c1-4-13(5-2)10(3)11-8-6-7-9-12(11)14/h6-10H,4-5H2,1-3H3. The molecule has 0 fully saturated rings. The van der Waals surface area contributed by atoms with Gasteiger partial charge in [0.15, 0.2) is 0 Å². The summed E-state index contributed by atoms with van der Waals surface area (Å²) < 4.78 is 0. The van der Waals surface area contributed by atoms with Crippen LogP contribution in [0.15, 0.2) is 24.3 Å². The van der Waals surface area contributed by atoms with E-state index in [9.17, 15) is 0 Å². The van der Waals surface area contributed by atoms with Crippen molar-refractivity contribution < 1.29 is 0 Å². The van der Waals surface area contributed by atoms with Crippen LogP contribution < -0.4 is 5.19 Å². The van der Waals surface area contributed by atoms with Crippen LogP contribution in [0.25, 0.3) is 0 Å². The largest absolute Gasteiger partial charge is 0.297 e. The summed E-state index contributed by atoms with van der Waals surface area (Å²) in [7, 11) is 3.65. The van der Waals surface area contributed by atoms with Gasteiger partial charge in [-0.15, -0.1) is 0 Å². The summed E-state index contributed by atoms with van der Waals surface area (Å²) in [6, 6.07) is 8.93. The first-order valence-corrected chi connectivity index (χ1v) is 5.75. The number of hydrogen-bond donors (Lipinski definition) is 0. The summed E-state index contributed by atoms with van der Waals surface area (Å²) in [6.45, 7) is 8.86. The molecule has 1 nitrogen and oxygen atoms in total. The van der Waals surface area contributed by atoms with Crippen LogP contribution in [0.1, 0.15) is 32.4 Å². The first-order valence-electron chi connectivity index (χ1n) is 5.25. The second-order valence-corrected chi connectivity index (χ2v) is 4.02. The molecule has 0 N–H and O–H groups in total. The molecule has 1 unspecified atom stereocenters. The van der Waals surface area contributed by atoms with E-state index < -0.39 is 0 Å². The molecule has 2 heteroatoms. The van der Waals surface area contributed by atoms with Gasteiger partial charge in [-0.25, -0.2) is 0 Å². The molecular formula is C12H18NSi. The Bertz CT molecular complexity index is 281.